The van der Waals surface area contributed by atoms with Gasteiger partial charge in [-0.2, -0.15) is 0 Å². The predicted molar refractivity (Wildman–Crippen MR) is 128 cm³/mol. The highest BCUT2D eigenvalue weighted by atomic mass is 16.5. The molecule has 0 saturated carbocycles. The summed E-state index contributed by atoms with van der Waals surface area (Å²) in [4.78, 5) is 23.9. The number of ether oxygens (including phenoxy) is 1. The minimum Gasteiger partial charge on any atom is -0.460 e. The summed E-state index contributed by atoms with van der Waals surface area (Å²) in [5, 5.41) is 0. The highest BCUT2D eigenvalue weighted by Gasteiger charge is 2.15. The molecule has 0 bridgehead atoms. The fourth-order valence-electron chi connectivity index (χ4n) is 3.75. The van der Waals surface area contributed by atoms with Crippen molar-refractivity contribution >= 4 is 17.0 Å². The number of carbonyl (C=O) groups excluding carboxylic acids is 1. The molecule has 4 rings (SSSR count). The van der Waals surface area contributed by atoms with Crippen LogP contribution >= 0.6 is 0 Å². The Morgan fingerprint density at radius 3 is 1.97 bits per heavy atom. The molecule has 3 aromatic carbocycles. The van der Waals surface area contributed by atoms with Gasteiger partial charge in [0.25, 0.3) is 0 Å². The normalized spacial score (nSPS) is 11.1. The number of esters is 1. The number of benzene rings is 3. The molecule has 5 heteroatoms. The van der Waals surface area contributed by atoms with Crippen molar-refractivity contribution in [3.8, 4) is 22.3 Å². The summed E-state index contributed by atoms with van der Waals surface area (Å²) in [6.07, 6.45) is 1.50. The molecule has 32 heavy (non-hydrogen) atoms. The van der Waals surface area contributed by atoms with E-state index in [1.165, 1.54) is 6.20 Å². The molecule has 0 amide bonds. The number of likely N-dealkylation sites (N-methyl/N-ethyl adjacent to an activating group) is 1. The van der Waals surface area contributed by atoms with E-state index >= 15 is 0 Å². The Balaban J connectivity index is 1.68. The van der Waals surface area contributed by atoms with Crippen LogP contribution in [0.4, 0.5) is 0 Å². The van der Waals surface area contributed by atoms with Crippen molar-refractivity contribution in [1.82, 2.24) is 14.9 Å². The second-order valence-corrected chi connectivity index (χ2v) is 7.54. The number of aromatic nitrogens is 2. The second-order valence-electron chi connectivity index (χ2n) is 7.54. The number of rotatable bonds is 8. The fraction of sp³-hybridized carbons (Fsp3) is 0.222. The maximum atomic E-state index is 12.5. The van der Waals surface area contributed by atoms with Gasteiger partial charge in [-0.1, -0.05) is 74.5 Å². The molecule has 4 aromatic rings. The third kappa shape index (κ3) is 4.84. The zero-order valence-electron chi connectivity index (χ0n) is 18.5. The lowest BCUT2D eigenvalue weighted by Gasteiger charge is -2.17. The van der Waals surface area contributed by atoms with Crippen LogP contribution in [0.25, 0.3) is 33.3 Å². The van der Waals surface area contributed by atoms with Gasteiger partial charge in [0, 0.05) is 6.54 Å². The van der Waals surface area contributed by atoms with Crippen molar-refractivity contribution in [1.29, 1.82) is 0 Å². The topological polar surface area (TPSA) is 55.3 Å². The predicted octanol–water partition coefficient (Wildman–Crippen LogP) is 5.46. The molecule has 0 N–H and O–H groups in total. The zero-order valence-corrected chi connectivity index (χ0v) is 18.5. The summed E-state index contributed by atoms with van der Waals surface area (Å²) < 4.78 is 5.44. The average molecular weight is 426 g/mol. The van der Waals surface area contributed by atoms with E-state index in [-0.39, 0.29) is 5.69 Å². The first-order valence-corrected chi connectivity index (χ1v) is 11.0. The van der Waals surface area contributed by atoms with Crippen LogP contribution in [0.15, 0.2) is 79.0 Å². The molecule has 162 valence electrons. The molecule has 1 aromatic heterocycles. The number of hydrogen-bond donors (Lipinski definition) is 0. The monoisotopic (exact) mass is 425 g/mol. The van der Waals surface area contributed by atoms with Crippen molar-refractivity contribution in [3.05, 3.63) is 84.7 Å². The second kappa shape index (κ2) is 10.2. The molecule has 0 fully saturated rings. The number of carbonyl (C=O) groups is 1. The summed E-state index contributed by atoms with van der Waals surface area (Å²) in [7, 11) is 0. The van der Waals surface area contributed by atoms with Gasteiger partial charge >= 0.3 is 5.97 Å². The van der Waals surface area contributed by atoms with Crippen molar-refractivity contribution < 1.29 is 9.53 Å². The van der Waals surface area contributed by atoms with Gasteiger partial charge < -0.3 is 9.64 Å². The van der Waals surface area contributed by atoms with E-state index in [2.05, 4.69) is 53.0 Å². The van der Waals surface area contributed by atoms with Crippen LogP contribution in [0.3, 0.4) is 0 Å². The minimum atomic E-state index is -0.444. The molecule has 0 spiro atoms. The van der Waals surface area contributed by atoms with Crippen LogP contribution in [0, 0.1) is 0 Å². The van der Waals surface area contributed by atoms with Crippen molar-refractivity contribution in [3.63, 3.8) is 0 Å². The van der Waals surface area contributed by atoms with Crippen LogP contribution in [0.2, 0.25) is 0 Å². The SMILES string of the molecule is CCN(CC)CCOC(=O)c1cnc2cc(-c3ccccc3)c(-c3ccccc3)cc2n1. The Morgan fingerprint density at radius 2 is 1.41 bits per heavy atom. The van der Waals surface area contributed by atoms with E-state index in [4.69, 9.17) is 4.74 Å². The quantitative estimate of drug-likeness (QED) is 0.351. The van der Waals surface area contributed by atoms with Gasteiger partial charge in [-0.25, -0.2) is 9.78 Å². The van der Waals surface area contributed by atoms with E-state index in [9.17, 15) is 4.79 Å². The van der Waals surface area contributed by atoms with E-state index in [1.54, 1.807) is 0 Å². The Kier molecular flexibility index (Phi) is 6.87. The Morgan fingerprint density at radius 1 is 0.844 bits per heavy atom. The van der Waals surface area contributed by atoms with E-state index < -0.39 is 5.97 Å². The smallest absolute Gasteiger partial charge is 0.358 e. The summed E-state index contributed by atoms with van der Waals surface area (Å²) in [6, 6.07) is 24.5. The lowest BCUT2D eigenvalue weighted by Crippen LogP contribution is -2.28. The number of hydrogen-bond acceptors (Lipinski definition) is 5. The highest BCUT2D eigenvalue weighted by Crippen LogP contribution is 2.34. The average Bonchev–Trinajstić information content (AvgIpc) is 2.86. The van der Waals surface area contributed by atoms with Crippen molar-refractivity contribution in [2.24, 2.45) is 0 Å². The number of fused-ring (bicyclic) bond motifs is 1. The van der Waals surface area contributed by atoms with Crippen molar-refractivity contribution in [2.75, 3.05) is 26.2 Å². The molecule has 0 radical (unpaired) electrons. The summed E-state index contributed by atoms with van der Waals surface area (Å²) >= 11 is 0. The van der Waals surface area contributed by atoms with Gasteiger partial charge in [0.2, 0.25) is 0 Å². The largest absolute Gasteiger partial charge is 0.460 e. The van der Waals surface area contributed by atoms with E-state index in [1.807, 2.05) is 48.5 Å². The maximum absolute atomic E-state index is 12.5. The standard InChI is InChI=1S/C27H27N3O2/c1-3-30(4-2)15-16-32-27(31)26-19-28-24-17-22(20-11-7-5-8-12-20)23(18-25(24)29-26)21-13-9-6-10-14-21/h5-14,17-19H,3-4,15-16H2,1-2H3. The molecule has 0 aliphatic carbocycles. The third-order valence-corrected chi connectivity index (χ3v) is 5.60. The minimum absolute atomic E-state index is 0.225. The maximum Gasteiger partial charge on any atom is 0.358 e. The molecule has 0 saturated heterocycles. The molecular weight excluding hydrogens is 398 g/mol. The highest BCUT2D eigenvalue weighted by molar-refractivity contribution is 5.95. The first-order valence-electron chi connectivity index (χ1n) is 11.0. The molecule has 0 atom stereocenters. The third-order valence-electron chi connectivity index (χ3n) is 5.60. The molecule has 0 unspecified atom stereocenters. The van der Waals surface area contributed by atoms with E-state index in [0.717, 1.165) is 40.9 Å². The lowest BCUT2D eigenvalue weighted by atomic mass is 9.94. The zero-order chi connectivity index (χ0) is 22.3. The molecular formula is C27H27N3O2. The Labute approximate surface area is 188 Å². The summed E-state index contributed by atoms with van der Waals surface area (Å²) in [6.45, 7) is 7.08. The van der Waals surface area contributed by atoms with Crippen LogP contribution in [-0.4, -0.2) is 47.1 Å². The number of nitrogens with zero attached hydrogens (tertiary/aromatic N) is 3. The van der Waals surface area contributed by atoms with E-state index in [0.29, 0.717) is 18.7 Å². The van der Waals surface area contributed by atoms with Crippen LogP contribution in [0.1, 0.15) is 24.3 Å². The first kappa shape index (κ1) is 21.7. The molecule has 5 nitrogen and oxygen atoms in total. The van der Waals surface area contributed by atoms with Gasteiger partial charge in [0.15, 0.2) is 5.69 Å². The summed E-state index contributed by atoms with van der Waals surface area (Å²) in [5.41, 5.74) is 5.95. The fourth-order valence-corrected chi connectivity index (χ4v) is 3.75. The van der Waals surface area contributed by atoms with Crippen LogP contribution < -0.4 is 0 Å². The van der Waals surface area contributed by atoms with Gasteiger partial charge in [-0.15, -0.1) is 0 Å². The van der Waals surface area contributed by atoms with Gasteiger partial charge in [0.05, 0.1) is 17.2 Å². The summed E-state index contributed by atoms with van der Waals surface area (Å²) in [5.74, 6) is -0.444. The van der Waals surface area contributed by atoms with Gasteiger partial charge in [0.1, 0.15) is 6.61 Å². The van der Waals surface area contributed by atoms with Gasteiger partial charge in [-0.05, 0) is 47.5 Å². The molecule has 1 heterocycles. The molecule has 0 aliphatic heterocycles. The van der Waals surface area contributed by atoms with Gasteiger partial charge in [-0.3, -0.25) is 4.98 Å². The van der Waals surface area contributed by atoms with Crippen molar-refractivity contribution in [2.45, 2.75) is 13.8 Å². The molecule has 0 aliphatic rings. The lowest BCUT2D eigenvalue weighted by molar-refractivity contribution is 0.0459. The Bertz CT molecular complexity index is 1190. The van der Waals surface area contributed by atoms with Crippen LogP contribution in [-0.2, 0) is 4.74 Å². The van der Waals surface area contributed by atoms with Crippen LogP contribution in [0.5, 0.6) is 0 Å². The Hall–Kier alpha value is -3.57. The first-order chi connectivity index (χ1) is 15.7.